The first-order valence-electron chi connectivity index (χ1n) is 4.73. The second kappa shape index (κ2) is 3.92. The lowest BCUT2D eigenvalue weighted by atomic mass is 10.0. The Balaban J connectivity index is 2.98. The van der Waals surface area contributed by atoms with Gasteiger partial charge >= 0.3 is 0 Å². The van der Waals surface area contributed by atoms with Crippen LogP contribution in [0.5, 0.6) is 0 Å². The third kappa shape index (κ3) is 1.91. The first-order valence-corrected chi connectivity index (χ1v) is 4.73. The Bertz CT molecular complexity index is 276. The molecule has 13 heavy (non-hydrogen) atoms. The van der Waals surface area contributed by atoms with Crippen molar-refractivity contribution in [3.8, 4) is 0 Å². The van der Waals surface area contributed by atoms with Gasteiger partial charge in [0.15, 0.2) is 0 Å². The molecular weight excluding hydrogens is 162 g/mol. The van der Waals surface area contributed by atoms with Crippen LogP contribution in [0.1, 0.15) is 31.4 Å². The van der Waals surface area contributed by atoms with Crippen LogP contribution in [0.15, 0.2) is 6.20 Å². The summed E-state index contributed by atoms with van der Waals surface area (Å²) in [4.78, 5) is 4.29. The Kier molecular flexibility index (Phi) is 3.09. The molecular formula is C10H19N3. The molecule has 1 aromatic rings. The maximum Gasteiger partial charge on any atom is 0.105 e. The highest BCUT2D eigenvalue weighted by Gasteiger charge is 2.17. The van der Waals surface area contributed by atoms with E-state index in [0.29, 0.717) is 12.0 Å². The van der Waals surface area contributed by atoms with Crippen LogP contribution in [0.4, 0.5) is 0 Å². The zero-order valence-electron chi connectivity index (χ0n) is 9.13. The summed E-state index contributed by atoms with van der Waals surface area (Å²) in [5.41, 5.74) is 1.26. The van der Waals surface area contributed by atoms with E-state index in [1.165, 1.54) is 5.69 Å². The average Bonchev–Trinajstić information content (AvgIpc) is 2.37. The summed E-state index contributed by atoms with van der Waals surface area (Å²) in [5.74, 6) is 1.65. The molecule has 0 saturated carbocycles. The summed E-state index contributed by atoms with van der Waals surface area (Å²) in [7, 11) is 4.05. The minimum atomic E-state index is 0.395. The molecule has 0 aliphatic heterocycles. The van der Waals surface area contributed by atoms with Gasteiger partial charge in [0.1, 0.15) is 5.82 Å². The van der Waals surface area contributed by atoms with Gasteiger partial charge in [-0.2, -0.15) is 0 Å². The molecule has 0 aromatic carbocycles. The average molecular weight is 181 g/mol. The van der Waals surface area contributed by atoms with E-state index in [4.69, 9.17) is 0 Å². The van der Waals surface area contributed by atoms with Gasteiger partial charge in [0, 0.05) is 7.05 Å². The topological polar surface area (TPSA) is 29.9 Å². The van der Waals surface area contributed by atoms with Crippen LogP contribution in [0.2, 0.25) is 0 Å². The zero-order chi connectivity index (χ0) is 10.0. The standard InChI is InChI=1S/C10H19N3/c1-7(2)10(11-4)9-6-12-8(3)13(9)5/h6-7,10-11H,1-5H3. The van der Waals surface area contributed by atoms with Gasteiger partial charge in [0.25, 0.3) is 0 Å². The van der Waals surface area contributed by atoms with Crippen LogP contribution >= 0.6 is 0 Å². The molecule has 3 heteroatoms. The van der Waals surface area contributed by atoms with Gasteiger partial charge in [-0.1, -0.05) is 13.8 Å². The normalized spacial score (nSPS) is 13.7. The molecule has 0 bridgehead atoms. The Morgan fingerprint density at radius 2 is 2.08 bits per heavy atom. The molecule has 1 heterocycles. The Morgan fingerprint density at radius 1 is 1.46 bits per heavy atom. The van der Waals surface area contributed by atoms with Gasteiger partial charge in [-0.05, 0) is 19.9 Å². The summed E-state index contributed by atoms with van der Waals surface area (Å²) in [6.07, 6.45) is 1.95. The summed E-state index contributed by atoms with van der Waals surface area (Å²) in [6, 6.07) is 0.395. The van der Waals surface area contributed by atoms with Crippen molar-refractivity contribution in [1.29, 1.82) is 0 Å². The smallest absolute Gasteiger partial charge is 0.105 e. The lowest BCUT2D eigenvalue weighted by Crippen LogP contribution is -2.24. The van der Waals surface area contributed by atoms with Gasteiger partial charge in [0.2, 0.25) is 0 Å². The lowest BCUT2D eigenvalue weighted by molar-refractivity contribution is 0.422. The second-order valence-electron chi connectivity index (χ2n) is 3.80. The molecule has 3 nitrogen and oxygen atoms in total. The third-order valence-corrected chi connectivity index (χ3v) is 2.55. The number of aryl methyl sites for hydroxylation is 1. The van der Waals surface area contributed by atoms with E-state index in [-0.39, 0.29) is 0 Å². The number of nitrogens with zero attached hydrogens (tertiary/aromatic N) is 2. The molecule has 0 spiro atoms. The van der Waals surface area contributed by atoms with Crippen LogP contribution in [0.3, 0.4) is 0 Å². The molecule has 0 saturated heterocycles. The molecule has 1 aromatic heterocycles. The monoisotopic (exact) mass is 181 g/mol. The van der Waals surface area contributed by atoms with Crippen LogP contribution in [0.25, 0.3) is 0 Å². The third-order valence-electron chi connectivity index (χ3n) is 2.55. The van der Waals surface area contributed by atoms with E-state index in [2.05, 4.69) is 35.8 Å². The Hall–Kier alpha value is -0.830. The lowest BCUT2D eigenvalue weighted by Gasteiger charge is -2.20. The van der Waals surface area contributed by atoms with Crippen molar-refractivity contribution < 1.29 is 0 Å². The van der Waals surface area contributed by atoms with Crippen molar-refractivity contribution in [3.63, 3.8) is 0 Å². The largest absolute Gasteiger partial charge is 0.334 e. The molecule has 0 aliphatic carbocycles. The number of aromatic nitrogens is 2. The molecule has 0 fully saturated rings. The second-order valence-corrected chi connectivity index (χ2v) is 3.80. The number of hydrogen-bond donors (Lipinski definition) is 1. The van der Waals surface area contributed by atoms with Crippen LogP contribution in [-0.2, 0) is 7.05 Å². The fourth-order valence-electron chi connectivity index (χ4n) is 1.63. The van der Waals surface area contributed by atoms with Crippen molar-refractivity contribution in [1.82, 2.24) is 14.9 Å². The van der Waals surface area contributed by atoms with Crippen molar-refractivity contribution in [2.24, 2.45) is 13.0 Å². The van der Waals surface area contributed by atoms with Gasteiger partial charge < -0.3 is 9.88 Å². The van der Waals surface area contributed by atoms with E-state index in [1.54, 1.807) is 0 Å². The number of nitrogens with one attached hydrogen (secondary N) is 1. The molecule has 0 amide bonds. The summed E-state index contributed by atoms with van der Waals surface area (Å²) in [6.45, 7) is 6.45. The molecule has 0 aliphatic rings. The van der Waals surface area contributed by atoms with E-state index in [9.17, 15) is 0 Å². The fraction of sp³-hybridized carbons (Fsp3) is 0.700. The summed E-state index contributed by atoms with van der Waals surface area (Å²) < 4.78 is 2.14. The van der Waals surface area contributed by atoms with E-state index in [1.807, 2.05) is 20.2 Å². The summed E-state index contributed by atoms with van der Waals surface area (Å²) >= 11 is 0. The first-order chi connectivity index (χ1) is 6.07. The molecule has 1 rings (SSSR count). The zero-order valence-corrected chi connectivity index (χ0v) is 9.13. The highest BCUT2D eigenvalue weighted by Crippen LogP contribution is 2.20. The predicted molar refractivity (Wildman–Crippen MR) is 54.6 cm³/mol. The van der Waals surface area contributed by atoms with E-state index in [0.717, 1.165) is 5.82 Å². The van der Waals surface area contributed by atoms with Gasteiger partial charge in [-0.3, -0.25) is 0 Å². The van der Waals surface area contributed by atoms with Gasteiger partial charge in [-0.25, -0.2) is 4.98 Å². The van der Waals surface area contributed by atoms with Crippen LogP contribution < -0.4 is 5.32 Å². The fourth-order valence-corrected chi connectivity index (χ4v) is 1.63. The van der Waals surface area contributed by atoms with Gasteiger partial charge in [-0.15, -0.1) is 0 Å². The Morgan fingerprint density at radius 3 is 2.38 bits per heavy atom. The van der Waals surface area contributed by atoms with E-state index >= 15 is 0 Å². The molecule has 1 N–H and O–H groups in total. The molecule has 1 unspecified atom stereocenters. The highest BCUT2D eigenvalue weighted by atomic mass is 15.1. The van der Waals surface area contributed by atoms with Crippen LogP contribution in [-0.4, -0.2) is 16.6 Å². The predicted octanol–water partition coefficient (Wildman–Crippen LogP) is 1.65. The SMILES string of the molecule is CNC(c1cnc(C)n1C)C(C)C. The minimum Gasteiger partial charge on any atom is -0.334 e. The number of imidazole rings is 1. The van der Waals surface area contributed by atoms with Crippen molar-refractivity contribution in [3.05, 3.63) is 17.7 Å². The maximum absolute atomic E-state index is 4.29. The van der Waals surface area contributed by atoms with E-state index < -0.39 is 0 Å². The van der Waals surface area contributed by atoms with Crippen molar-refractivity contribution >= 4 is 0 Å². The molecule has 0 radical (unpaired) electrons. The van der Waals surface area contributed by atoms with Gasteiger partial charge in [0.05, 0.1) is 17.9 Å². The molecule has 74 valence electrons. The van der Waals surface area contributed by atoms with Crippen LogP contribution in [0, 0.1) is 12.8 Å². The number of rotatable bonds is 3. The van der Waals surface area contributed by atoms with Crippen molar-refractivity contribution in [2.45, 2.75) is 26.8 Å². The Labute approximate surface area is 80.2 Å². The highest BCUT2D eigenvalue weighted by molar-refractivity contribution is 5.09. The maximum atomic E-state index is 4.29. The number of hydrogen-bond acceptors (Lipinski definition) is 2. The molecule has 1 atom stereocenters. The van der Waals surface area contributed by atoms with Crippen molar-refractivity contribution in [2.75, 3.05) is 7.05 Å². The quantitative estimate of drug-likeness (QED) is 0.768. The summed E-state index contributed by atoms with van der Waals surface area (Å²) in [5, 5.41) is 3.31. The minimum absolute atomic E-state index is 0.395. The first kappa shape index (κ1) is 10.3.